The van der Waals surface area contributed by atoms with Crippen LogP contribution in [0.2, 0.25) is 0 Å². The molecule has 0 aliphatic carbocycles. The Labute approximate surface area is 130 Å². The number of H-pyrrole nitrogens is 1. The zero-order chi connectivity index (χ0) is 14.8. The number of ether oxygens (including phenoxy) is 2. The third kappa shape index (κ3) is 3.14. The van der Waals surface area contributed by atoms with Crippen LogP contribution in [0.1, 0.15) is 26.7 Å². The lowest BCUT2D eigenvalue weighted by molar-refractivity contribution is 0.0486. The summed E-state index contributed by atoms with van der Waals surface area (Å²) in [4.78, 5) is 3.30. The molecule has 1 atom stereocenters. The minimum atomic E-state index is 0.146. The second-order valence-electron chi connectivity index (χ2n) is 5.94. The molecule has 0 saturated carbocycles. The summed E-state index contributed by atoms with van der Waals surface area (Å²) in [5, 5.41) is 0. The van der Waals surface area contributed by atoms with Gasteiger partial charge in [-0.3, -0.25) is 0 Å². The maximum atomic E-state index is 5.87. The second-order valence-corrected chi connectivity index (χ2v) is 6.33. The van der Waals surface area contributed by atoms with Crippen molar-refractivity contribution in [2.45, 2.75) is 39.3 Å². The fourth-order valence-electron chi connectivity index (χ4n) is 2.90. The van der Waals surface area contributed by atoms with Gasteiger partial charge in [-0.1, -0.05) is 6.07 Å². The summed E-state index contributed by atoms with van der Waals surface area (Å²) in [6, 6.07) is 6.11. The average Bonchev–Trinajstić information content (AvgIpc) is 2.77. The van der Waals surface area contributed by atoms with Crippen molar-refractivity contribution in [2.24, 2.45) is 5.92 Å². The lowest BCUT2D eigenvalue weighted by Crippen LogP contribution is -2.22. The van der Waals surface area contributed by atoms with Crippen LogP contribution in [-0.4, -0.2) is 28.9 Å². The summed E-state index contributed by atoms with van der Waals surface area (Å²) in [7, 11) is 0. The highest BCUT2D eigenvalue weighted by Gasteiger charge is 2.17. The first-order valence-corrected chi connectivity index (χ1v) is 8.02. The number of aromatic amines is 1. The predicted octanol–water partition coefficient (Wildman–Crippen LogP) is 3.91. The Kier molecular flexibility index (Phi) is 4.31. The van der Waals surface area contributed by atoms with Gasteiger partial charge in [-0.05, 0) is 51.0 Å². The fourth-order valence-corrected chi connectivity index (χ4v) is 3.17. The molecule has 2 heterocycles. The number of aromatic nitrogens is 2. The van der Waals surface area contributed by atoms with E-state index in [1.54, 1.807) is 0 Å². The van der Waals surface area contributed by atoms with Crippen molar-refractivity contribution in [3.63, 3.8) is 0 Å². The third-order valence-electron chi connectivity index (χ3n) is 3.83. The molecule has 0 bridgehead atoms. The Morgan fingerprint density at radius 2 is 2.33 bits per heavy atom. The normalized spacial score (nSPS) is 19.3. The van der Waals surface area contributed by atoms with Crippen LogP contribution in [0.4, 0.5) is 0 Å². The van der Waals surface area contributed by atoms with Gasteiger partial charge in [0.15, 0.2) is 4.77 Å². The molecule has 2 aromatic rings. The van der Waals surface area contributed by atoms with Crippen LogP contribution in [0.15, 0.2) is 18.2 Å². The Balaban J connectivity index is 1.95. The molecule has 5 heteroatoms. The average molecular weight is 306 g/mol. The molecule has 0 radical (unpaired) electrons. The highest BCUT2D eigenvalue weighted by molar-refractivity contribution is 7.71. The van der Waals surface area contributed by atoms with Crippen molar-refractivity contribution >= 4 is 23.3 Å². The molecule has 0 spiro atoms. The molecule has 3 rings (SSSR count). The van der Waals surface area contributed by atoms with E-state index in [9.17, 15) is 0 Å². The zero-order valence-electron chi connectivity index (χ0n) is 12.6. The van der Waals surface area contributed by atoms with Crippen LogP contribution in [0.5, 0.6) is 5.75 Å². The first-order chi connectivity index (χ1) is 10.1. The molecule has 1 fully saturated rings. The maximum absolute atomic E-state index is 5.87. The number of para-hydroxylation sites is 1. The Hall–Kier alpha value is -1.33. The van der Waals surface area contributed by atoms with E-state index in [1.807, 2.05) is 26.0 Å². The smallest absolute Gasteiger partial charge is 0.178 e. The number of rotatable bonds is 4. The molecule has 114 valence electrons. The van der Waals surface area contributed by atoms with Gasteiger partial charge in [-0.25, -0.2) is 0 Å². The number of hydrogen-bond acceptors (Lipinski definition) is 3. The predicted molar refractivity (Wildman–Crippen MR) is 86.4 cm³/mol. The molecule has 1 aromatic heterocycles. The van der Waals surface area contributed by atoms with Gasteiger partial charge < -0.3 is 19.0 Å². The summed E-state index contributed by atoms with van der Waals surface area (Å²) in [6.45, 7) is 6.69. The van der Waals surface area contributed by atoms with Gasteiger partial charge in [0.25, 0.3) is 0 Å². The topological polar surface area (TPSA) is 39.2 Å². The van der Waals surface area contributed by atoms with E-state index in [2.05, 4.69) is 15.6 Å². The lowest BCUT2D eigenvalue weighted by Gasteiger charge is -2.22. The number of imidazole rings is 1. The molecule has 0 amide bonds. The maximum Gasteiger partial charge on any atom is 0.178 e. The van der Waals surface area contributed by atoms with E-state index < -0.39 is 0 Å². The van der Waals surface area contributed by atoms with Gasteiger partial charge in [0.05, 0.1) is 18.2 Å². The molecule has 21 heavy (non-hydrogen) atoms. The Morgan fingerprint density at radius 1 is 1.48 bits per heavy atom. The minimum Gasteiger partial charge on any atom is -0.489 e. The number of nitrogens with zero attached hydrogens (tertiary/aromatic N) is 1. The summed E-state index contributed by atoms with van der Waals surface area (Å²) in [5.41, 5.74) is 2.11. The summed E-state index contributed by atoms with van der Waals surface area (Å²) in [5.74, 6) is 1.41. The largest absolute Gasteiger partial charge is 0.489 e. The summed E-state index contributed by atoms with van der Waals surface area (Å²) < 4.78 is 14.4. The monoisotopic (exact) mass is 306 g/mol. The van der Waals surface area contributed by atoms with E-state index >= 15 is 0 Å². The van der Waals surface area contributed by atoms with Crippen LogP contribution in [-0.2, 0) is 11.3 Å². The van der Waals surface area contributed by atoms with Crippen LogP contribution < -0.4 is 4.74 Å². The lowest BCUT2D eigenvalue weighted by atomic mass is 10.0. The molecule has 1 aliphatic heterocycles. The second kappa shape index (κ2) is 6.20. The molecule has 1 saturated heterocycles. The fraction of sp³-hybridized carbons (Fsp3) is 0.562. The van der Waals surface area contributed by atoms with Crippen LogP contribution in [0.3, 0.4) is 0 Å². The number of fused-ring (bicyclic) bond motifs is 1. The van der Waals surface area contributed by atoms with E-state index in [0.717, 1.165) is 47.7 Å². The Bertz CT molecular complexity index is 668. The van der Waals surface area contributed by atoms with Gasteiger partial charge in [-0.15, -0.1) is 0 Å². The SMILES string of the molecule is CC(C)Oc1cccc2c1[nH]c(=S)n2CC1CCCOC1. The highest BCUT2D eigenvalue weighted by atomic mass is 32.1. The van der Waals surface area contributed by atoms with Crippen molar-refractivity contribution < 1.29 is 9.47 Å². The molecular weight excluding hydrogens is 284 g/mol. The van der Waals surface area contributed by atoms with Crippen LogP contribution >= 0.6 is 12.2 Å². The summed E-state index contributed by atoms with van der Waals surface area (Å²) in [6.07, 6.45) is 2.49. The molecule has 1 unspecified atom stereocenters. The standard InChI is InChI=1S/C16H22N2O2S/c1-11(2)20-14-7-3-6-13-15(14)17-16(21)18(13)9-12-5-4-8-19-10-12/h3,6-7,11-12H,4-5,8-10H2,1-2H3,(H,17,21). The molecular formula is C16H22N2O2S. The van der Waals surface area contributed by atoms with E-state index in [4.69, 9.17) is 21.7 Å². The van der Waals surface area contributed by atoms with Crippen molar-refractivity contribution in [3.8, 4) is 5.75 Å². The van der Waals surface area contributed by atoms with Crippen molar-refractivity contribution in [1.29, 1.82) is 0 Å². The van der Waals surface area contributed by atoms with Crippen LogP contribution in [0, 0.1) is 10.7 Å². The Morgan fingerprint density at radius 3 is 3.05 bits per heavy atom. The third-order valence-corrected chi connectivity index (χ3v) is 4.15. The van der Waals surface area contributed by atoms with Crippen LogP contribution in [0.25, 0.3) is 11.0 Å². The van der Waals surface area contributed by atoms with Crippen molar-refractivity contribution in [1.82, 2.24) is 9.55 Å². The minimum absolute atomic E-state index is 0.146. The van der Waals surface area contributed by atoms with E-state index in [1.165, 1.54) is 6.42 Å². The quantitative estimate of drug-likeness (QED) is 0.870. The van der Waals surface area contributed by atoms with E-state index in [-0.39, 0.29) is 6.10 Å². The van der Waals surface area contributed by atoms with Crippen molar-refractivity contribution in [2.75, 3.05) is 13.2 Å². The first kappa shape index (κ1) is 14.6. The molecule has 1 N–H and O–H groups in total. The molecule has 4 nitrogen and oxygen atoms in total. The van der Waals surface area contributed by atoms with E-state index in [0.29, 0.717) is 5.92 Å². The summed E-state index contributed by atoms with van der Waals surface area (Å²) >= 11 is 5.51. The van der Waals surface area contributed by atoms with Gasteiger partial charge in [0.2, 0.25) is 0 Å². The zero-order valence-corrected chi connectivity index (χ0v) is 13.4. The van der Waals surface area contributed by atoms with Gasteiger partial charge in [0, 0.05) is 19.1 Å². The first-order valence-electron chi connectivity index (χ1n) is 7.61. The molecule has 1 aliphatic rings. The number of nitrogens with one attached hydrogen (secondary N) is 1. The number of hydrogen-bond donors (Lipinski definition) is 1. The van der Waals surface area contributed by atoms with Crippen molar-refractivity contribution in [3.05, 3.63) is 23.0 Å². The molecule has 1 aromatic carbocycles. The van der Waals surface area contributed by atoms with Gasteiger partial charge >= 0.3 is 0 Å². The highest BCUT2D eigenvalue weighted by Crippen LogP contribution is 2.27. The van der Waals surface area contributed by atoms with Gasteiger partial charge in [0.1, 0.15) is 11.3 Å². The number of benzene rings is 1. The van der Waals surface area contributed by atoms with Gasteiger partial charge in [-0.2, -0.15) is 0 Å².